The van der Waals surface area contributed by atoms with Crippen LogP contribution in [0, 0.1) is 0 Å². The van der Waals surface area contributed by atoms with Crippen LogP contribution in [0.2, 0.25) is 13.1 Å². The number of hydrogen-bond donors (Lipinski definition) is 0. The van der Waals surface area contributed by atoms with E-state index in [1.165, 1.54) is 106 Å². The Bertz CT molecular complexity index is 1830. The fourth-order valence-corrected chi connectivity index (χ4v) is 42.8. The number of piperidine rings is 2. The van der Waals surface area contributed by atoms with Crippen LogP contribution >= 0.6 is 17.0 Å². The molecule has 4 aromatic carbocycles. The molecular weight excluding hydrogens is 747 g/mol. The standard InChI is InChI=1S/2C21H22N.C2H7Si.2ClH.Zr/c2*1-16-14-18-6-5-7-20(21(18)15-16)17-8-10-19(11-9-17)22-12-3-2-4-13-22;1-3-2;;;/h2*5-11,14-15H,2-4,12-13H2,1H3;3H,1-2H3;2*1H;/q;;;;;+2/p-2. The van der Waals surface area contributed by atoms with Gasteiger partial charge in [0.2, 0.25) is 0 Å². The minimum absolute atomic E-state index is 0.0980. The third-order valence-corrected chi connectivity index (χ3v) is 64.8. The molecule has 0 aromatic heterocycles. The molecule has 0 spiro atoms. The molecule has 0 saturated carbocycles. The molecule has 2 atom stereocenters. The van der Waals surface area contributed by atoms with Gasteiger partial charge in [0.1, 0.15) is 0 Å². The molecule has 0 radical (unpaired) electrons. The van der Waals surface area contributed by atoms with Gasteiger partial charge in [0, 0.05) is 0 Å². The first-order valence-corrected chi connectivity index (χ1v) is 35.4. The van der Waals surface area contributed by atoms with Crippen LogP contribution in [0.15, 0.2) is 96.1 Å². The van der Waals surface area contributed by atoms with Crippen molar-refractivity contribution in [2.24, 2.45) is 0 Å². The van der Waals surface area contributed by atoms with Gasteiger partial charge in [-0.25, -0.2) is 0 Å². The Morgan fingerprint density at radius 2 is 0.920 bits per heavy atom. The second-order valence-electron chi connectivity index (χ2n) is 15.8. The number of halogens is 2. The van der Waals surface area contributed by atoms with Gasteiger partial charge in [0.25, 0.3) is 0 Å². The summed E-state index contributed by atoms with van der Waals surface area (Å²) in [5.74, 6) is -1.59. The van der Waals surface area contributed by atoms with Crippen LogP contribution in [0.3, 0.4) is 0 Å². The molecule has 2 saturated heterocycles. The van der Waals surface area contributed by atoms with Crippen LogP contribution in [0.4, 0.5) is 11.4 Å². The molecule has 2 aliphatic carbocycles. The quantitative estimate of drug-likeness (QED) is 0.172. The van der Waals surface area contributed by atoms with Gasteiger partial charge in [-0.05, 0) is 0 Å². The molecular formula is C44H51Cl2N2SiZr. The second-order valence-corrected chi connectivity index (χ2v) is 58.3. The van der Waals surface area contributed by atoms with Gasteiger partial charge in [-0.1, -0.05) is 0 Å². The summed E-state index contributed by atoms with van der Waals surface area (Å²) in [6, 6.07) is 32.3. The van der Waals surface area contributed by atoms with Crippen LogP contribution < -0.4 is 9.80 Å². The van der Waals surface area contributed by atoms with Crippen molar-refractivity contribution in [3.63, 3.8) is 0 Å². The van der Waals surface area contributed by atoms with E-state index in [0.717, 1.165) is 26.2 Å². The van der Waals surface area contributed by atoms with E-state index in [2.05, 4.69) is 134 Å². The maximum atomic E-state index is 8.54. The molecule has 6 heteroatoms. The molecule has 0 bridgehead atoms. The average Bonchev–Trinajstić information content (AvgIpc) is 3.69. The SMILES string of the molecule is CC1=Cc2c(-c3ccc(N4CCCCC4)cc3)cccc2[CH]1[Zr]([Cl])([Cl])([CH]1C(C)=Cc2c(-c3ccc(N4CCCCC4)cc3)cccc21)[SiH](C)C. The zero-order valence-electron chi connectivity index (χ0n) is 30.2. The molecule has 50 heavy (non-hydrogen) atoms. The number of hydrogen-bond acceptors (Lipinski definition) is 2. The first-order chi connectivity index (χ1) is 24.1. The number of benzene rings is 4. The summed E-state index contributed by atoms with van der Waals surface area (Å²) >= 11 is -4.74. The van der Waals surface area contributed by atoms with Crippen molar-refractivity contribution in [1.29, 1.82) is 0 Å². The molecule has 2 unspecified atom stereocenters. The van der Waals surface area contributed by atoms with Gasteiger partial charge >= 0.3 is 311 Å². The molecule has 4 aliphatic rings. The van der Waals surface area contributed by atoms with Crippen LogP contribution in [0.25, 0.3) is 34.4 Å². The minimum atomic E-state index is -4.74. The summed E-state index contributed by atoms with van der Waals surface area (Å²) < 4.78 is 0.196. The number of allylic oxidation sites excluding steroid dienone is 2. The maximum absolute atomic E-state index is 8.54. The van der Waals surface area contributed by atoms with Crippen molar-refractivity contribution in [2.45, 2.75) is 72.7 Å². The van der Waals surface area contributed by atoms with Crippen LogP contribution in [0.1, 0.15) is 81.9 Å². The van der Waals surface area contributed by atoms with Crippen molar-refractivity contribution < 1.29 is 15.6 Å². The van der Waals surface area contributed by atoms with Crippen LogP contribution in [-0.4, -0.2) is 32.1 Å². The van der Waals surface area contributed by atoms with Crippen molar-refractivity contribution >= 4 is 46.5 Å². The summed E-state index contributed by atoms with van der Waals surface area (Å²) in [6.07, 6.45) is 12.7. The molecule has 8 rings (SSSR count). The summed E-state index contributed by atoms with van der Waals surface area (Å²) in [4.78, 5) is 5.07. The van der Waals surface area contributed by atoms with Crippen molar-refractivity contribution in [3.8, 4) is 22.3 Å². The Morgan fingerprint density at radius 3 is 1.28 bits per heavy atom. The number of nitrogens with zero attached hydrogens (tertiary/aromatic N) is 2. The van der Waals surface area contributed by atoms with E-state index in [-0.39, 0.29) is 7.25 Å². The molecule has 4 aromatic rings. The zero-order valence-corrected chi connectivity index (χ0v) is 35.3. The second kappa shape index (κ2) is 13.6. The summed E-state index contributed by atoms with van der Waals surface area (Å²) in [5, 5.41) is 0. The van der Waals surface area contributed by atoms with E-state index in [9.17, 15) is 0 Å². The predicted octanol–water partition coefficient (Wildman–Crippen LogP) is 12.6. The van der Waals surface area contributed by atoms with E-state index in [1.54, 1.807) is 0 Å². The Labute approximate surface area is 309 Å². The number of rotatable bonds is 7. The van der Waals surface area contributed by atoms with Gasteiger partial charge in [0.15, 0.2) is 0 Å². The van der Waals surface area contributed by atoms with Crippen LogP contribution in [0.5, 0.6) is 0 Å². The topological polar surface area (TPSA) is 6.48 Å². The molecule has 2 aliphatic heterocycles. The first-order valence-electron chi connectivity index (χ1n) is 19.1. The Balaban J connectivity index is 1.17. The van der Waals surface area contributed by atoms with Gasteiger partial charge in [-0.3, -0.25) is 0 Å². The molecule has 2 heterocycles. The molecule has 0 amide bonds. The summed E-state index contributed by atoms with van der Waals surface area (Å²) in [5.41, 5.74) is 15.8. The Kier molecular flexibility index (Phi) is 9.41. The first kappa shape index (κ1) is 34.7. The van der Waals surface area contributed by atoms with Crippen molar-refractivity contribution in [2.75, 3.05) is 36.0 Å². The molecule has 0 N–H and O–H groups in total. The molecule has 259 valence electrons. The van der Waals surface area contributed by atoms with Crippen molar-refractivity contribution in [1.82, 2.24) is 0 Å². The van der Waals surface area contributed by atoms with E-state index < -0.39 is 21.5 Å². The third kappa shape index (κ3) is 5.76. The van der Waals surface area contributed by atoms with Crippen molar-refractivity contribution in [3.05, 3.63) is 118 Å². The fourth-order valence-electron chi connectivity index (χ4n) is 9.91. The molecule has 2 nitrogen and oxygen atoms in total. The number of anilines is 2. The van der Waals surface area contributed by atoms with E-state index in [0.29, 0.717) is 0 Å². The predicted molar refractivity (Wildman–Crippen MR) is 219 cm³/mol. The fraction of sp³-hybridized carbons (Fsp3) is 0.364. The van der Waals surface area contributed by atoms with E-state index >= 15 is 0 Å². The summed E-state index contributed by atoms with van der Waals surface area (Å²) in [6.45, 7) is 14.1. The Morgan fingerprint density at radius 1 is 0.540 bits per heavy atom. The Hall–Kier alpha value is -2.36. The van der Waals surface area contributed by atoms with E-state index in [1.807, 2.05) is 0 Å². The number of fused-ring (bicyclic) bond motifs is 2. The molecule has 2 fully saturated rings. The summed E-state index contributed by atoms with van der Waals surface area (Å²) in [7, 11) is 17.1. The van der Waals surface area contributed by atoms with Crippen LogP contribution in [-0.2, 0) is 15.6 Å². The van der Waals surface area contributed by atoms with Gasteiger partial charge in [0.05, 0.1) is 0 Å². The monoisotopic (exact) mass is 795 g/mol. The van der Waals surface area contributed by atoms with E-state index in [4.69, 9.17) is 17.0 Å². The van der Waals surface area contributed by atoms with Gasteiger partial charge in [-0.2, -0.15) is 0 Å². The third-order valence-electron chi connectivity index (χ3n) is 12.6. The normalized spacial score (nSPS) is 21.4. The zero-order chi connectivity index (χ0) is 34.6. The average molecular weight is 798 g/mol. The van der Waals surface area contributed by atoms with Gasteiger partial charge < -0.3 is 0 Å². The van der Waals surface area contributed by atoms with Gasteiger partial charge in [-0.15, -0.1) is 0 Å².